The van der Waals surface area contributed by atoms with Gasteiger partial charge in [0.15, 0.2) is 17.3 Å². The van der Waals surface area contributed by atoms with Gasteiger partial charge in [-0.15, -0.1) is 0 Å². The molecule has 6 heteroatoms. The zero-order chi connectivity index (χ0) is 16.3. The van der Waals surface area contributed by atoms with Crippen LogP contribution in [0.1, 0.15) is 42.5 Å². The highest BCUT2D eigenvalue weighted by Crippen LogP contribution is 2.31. The van der Waals surface area contributed by atoms with E-state index in [0.717, 1.165) is 19.3 Å². The Morgan fingerprint density at radius 3 is 2.57 bits per heavy atom. The molecule has 1 amide bonds. The number of carbonyl (C=O) groups excluding carboxylic acids is 2. The van der Waals surface area contributed by atoms with E-state index in [1.807, 2.05) is 0 Å². The number of benzene rings is 1. The molecule has 0 spiro atoms. The highest BCUT2D eigenvalue weighted by Gasteiger charge is 2.34. The van der Waals surface area contributed by atoms with Gasteiger partial charge in [-0.2, -0.15) is 0 Å². The van der Waals surface area contributed by atoms with Crippen molar-refractivity contribution in [3.63, 3.8) is 0 Å². The molecule has 1 saturated carbocycles. The van der Waals surface area contributed by atoms with Gasteiger partial charge in [0.25, 0.3) is 0 Å². The van der Waals surface area contributed by atoms with Crippen LogP contribution in [-0.4, -0.2) is 42.2 Å². The number of rotatable bonds is 6. The van der Waals surface area contributed by atoms with E-state index in [1.54, 1.807) is 18.2 Å². The van der Waals surface area contributed by atoms with E-state index < -0.39 is 5.60 Å². The highest BCUT2D eigenvalue weighted by molar-refractivity contribution is 5.98. The van der Waals surface area contributed by atoms with Crippen LogP contribution < -0.4 is 14.8 Å². The van der Waals surface area contributed by atoms with Crippen LogP contribution in [-0.2, 0) is 4.79 Å². The first-order valence-corrected chi connectivity index (χ1v) is 7.98. The Kier molecular flexibility index (Phi) is 4.52. The lowest BCUT2D eigenvalue weighted by atomic mass is 9.80. The van der Waals surface area contributed by atoms with Crippen molar-refractivity contribution in [2.24, 2.45) is 0 Å². The molecule has 0 radical (unpaired) electrons. The largest absolute Gasteiger partial charge is 0.486 e. The molecular formula is C17H21NO5. The van der Waals surface area contributed by atoms with Crippen LogP contribution in [0, 0.1) is 0 Å². The summed E-state index contributed by atoms with van der Waals surface area (Å²) in [6.45, 7) is 1.24. The lowest BCUT2D eigenvalue weighted by molar-refractivity contribution is -0.123. The van der Waals surface area contributed by atoms with Crippen molar-refractivity contribution in [1.29, 1.82) is 0 Å². The molecule has 3 rings (SSSR count). The lowest BCUT2D eigenvalue weighted by Crippen LogP contribution is -2.47. The van der Waals surface area contributed by atoms with E-state index in [-0.39, 0.29) is 31.1 Å². The van der Waals surface area contributed by atoms with Gasteiger partial charge in [-0.3, -0.25) is 9.59 Å². The molecule has 2 aliphatic rings. The fourth-order valence-corrected chi connectivity index (χ4v) is 2.70. The molecule has 2 N–H and O–H groups in total. The van der Waals surface area contributed by atoms with Crippen LogP contribution in [0.15, 0.2) is 18.2 Å². The van der Waals surface area contributed by atoms with Gasteiger partial charge < -0.3 is 19.9 Å². The Labute approximate surface area is 134 Å². The fourth-order valence-electron chi connectivity index (χ4n) is 2.70. The summed E-state index contributed by atoms with van der Waals surface area (Å²) in [5.74, 6) is 0.883. The van der Waals surface area contributed by atoms with Crippen LogP contribution >= 0.6 is 0 Å². The van der Waals surface area contributed by atoms with Crippen molar-refractivity contribution in [3.8, 4) is 11.5 Å². The van der Waals surface area contributed by atoms with Crippen LogP contribution in [0.4, 0.5) is 0 Å². The normalized spacial score (nSPS) is 18.0. The molecular weight excluding hydrogens is 298 g/mol. The second-order valence-electron chi connectivity index (χ2n) is 6.14. The average Bonchev–Trinajstić information content (AvgIpc) is 2.55. The van der Waals surface area contributed by atoms with Crippen LogP contribution in [0.25, 0.3) is 0 Å². The van der Waals surface area contributed by atoms with E-state index >= 15 is 0 Å². The number of carbonyl (C=O) groups is 2. The summed E-state index contributed by atoms with van der Waals surface area (Å²) in [5, 5.41) is 12.6. The first kappa shape index (κ1) is 15.8. The number of amides is 1. The molecule has 1 aromatic rings. The van der Waals surface area contributed by atoms with Gasteiger partial charge in [0.05, 0.1) is 5.60 Å². The number of aliphatic hydroxyl groups is 1. The highest BCUT2D eigenvalue weighted by atomic mass is 16.6. The monoisotopic (exact) mass is 319 g/mol. The van der Waals surface area contributed by atoms with E-state index in [1.165, 1.54) is 0 Å². The molecule has 0 saturated heterocycles. The predicted molar refractivity (Wildman–Crippen MR) is 82.8 cm³/mol. The number of hydrogen-bond acceptors (Lipinski definition) is 5. The van der Waals surface area contributed by atoms with Gasteiger partial charge in [-0.25, -0.2) is 0 Å². The predicted octanol–water partition coefficient (Wildman–Crippen LogP) is 1.45. The molecule has 0 atom stereocenters. The smallest absolute Gasteiger partial charge is 0.220 e. The Morgan fingerprint density at radius 2 is 1.87 bits per heavy atom. The molecule has 1 aliphatic carbocycles. The lowest BCUT2D eigenvalue weighted by Gasteiger charge is -2.36. The quantitative estimate of drug-likeness (QED) is 0.775. The van der Waals surface area contributed by atoms with Crippen molar-refractivity contribution in [2.75, 3.05) is 19.8 Å². The number of fused-ring (bicyclic) bond motifs is 1. The number of ether oxygens (including phenoxy) is 2. The van der Waals surface area contributed by atoms with E-state index in [0.29, 0.717) is 30.3 Å². The summed E-state index contributed by atoms with van der Waals surface area (Å²) in [5.41, 5.74) is -0.227. The van der Waals surface area contributed by atoms with Crippen LogP contribution in [0.5, 0.6) is 11.5 Å². The molecule has 23 heavy (non-hydrogen) atoms. The van der Waals surface area contributed by atoms with Gasteiger partial charge in [0, 0.05) is 24.9 Å². The second-order valence-corrected chi connectivity index (χ2v) is 6.14. The Bertz CT molecular complexity index is 609. The second kappa shape index (κ2) is 6.58. The first-order chi connectivity index (χ1) is 11.1. The minimum Gasteiger partial charge on any atom is -0.486 e. The number of nitrogens with one attached hydrogen (secondary N) is 1. The van der Waals surface area contributed by atoms with E-state index in [4.69, 9.17) is 9.47 Å². The van der Waals surface area contributed by atoms with Gasteiger partial charge in [0.2, 0.25) is 5.91 Å². The maximum atomic E-state index is 12.2. The summed E-state index contributed by atoms with van der Waals surface area (Å²) >= 11 is 0. The Hall–Kier alpha value is -2.08. The zero-order valence-corrected chi connectivity index (χ0v) is 13.0. The number of ketones is 1. The summed E-state index contributed by atoms with van der Waals surface area (Å²) in [7, 11) is 0. The Morgan fingerprint density at radius 1 is 1.13 bits per heavy atom. The molecule has 0 aromatic heterocycles. The van der Waals surface area contributed by atoms with Crippen LogP contribution in [0.2, 0.25) is 0 Å². The maximum Gasteiger partial charge on any atom is 0.220 e. The molecule has 0 unspecified atom stereocenters. The molecule has 124 valence electrons. The third-order valence-corrected chi connectivity index (χ3v) is 4.34. The van der Waals surface area contributed by atoms with Gasteiger partial charge in [0.1, 0.15) is 13.2 Å². The SMILES string of the molecule is O=C(CCC(=O)c1ccc2c(c1)OCCO2)NCC1(O)CCC1. The van der Waals surface area contributed by atoms with Crippen LogP contribution in [0.3, 0.4) is 0 Å². The molecule has 1 aliphatic heterocycles. The van der Waals surface area contributed by atoms with Crippen molar-refractivity contribution in [2.45, 2.75) is 37.7 Å². The van der Waals surface area contributed by atoms with E-state index in [2.05, 4.69) is 5.32 Å². The van der Waals surface area contributed by atoms with Gasteiger partial charge in [-0.05, 0) is 37.5 Å². The third-order valence-electron chi connectivity index (χ3n) is 4.34. The van der Waals surface area contributed by atoms with Gasteiger partial charge in [-0.1, -0.05) is 0 Å². The summed E-state index contributed by atoms with van der Waals surface area (Å²) in [4.78, 5) is 24.0. The third kappa shape index (κ3) is 3.82. The van der Waals surface area contributed by atoms with Crippen molar-refractivity contribution in [1.82, 2.24) is 5.32 Å². The van der Waals surface area contributed by atoms with Gasteiger partial charge >= 0.3 is 0 Å². The average molecular weight is 319 g/mol. The first-order valence-electron chi connectivity index (χ1n) is 7.98. The minimum atomic E-state index is -0.741. The summed E-state index contributed by atoms with van der Waals surface area (Å²) < 4.78 is 10.9. The van der Waals surface area contributed by atoms with Crippen molar-refractivity contribution in [3.05, 3.63) is 23.8 Å². The molecule has 6 nitrogen and oxygen atoms in total. The molecule has 0 bridgehead atoms. The Balaban J connectivity index is 1.48. The molecule has 1 aromatic carbocycles. The van der Waals surface area contributed by atoms with Crippen molar-refractivity contribution >= 4 is 11.7 Å². The topological polar surface area (TPSA) is 84.9 Å². The number of Topliss-reactive ketones (excluding diaryl/α,β-unsaturated/α-hetero) is 1. The summed E-state index contributed by atoms with van der Waals surface area (Å²) in [6.07, 6.45) is 2.69. The standard InChI is InChI=1S/C17H21NO5/c19-13(3-5-16(20)18-11-17(21)6-1-7-17)12-2-4-14-15(10-12)23-9-8-22-14/h2,4,10,21H,1,3,5-9,11H2,(H,18,20). The minimum absolute atomic E-state index is 0.112. The zero-order valence-electron chi connectivity index (χ0n) is 13.0. The fraction of sp³-hybridized carbons (Fsp3) is 0.529. The molecule has 1 fully saturated rings. The summed E-state index contributed by atoms with van der Waals surface area (Å²) in [6, 6.07) is 5.06. The molecule has 1 heterocycles. The maximum absolute atomic E-state index is 12.2. The number of hydrogen-bond donors (Lipinski definition) is 2. The van der Waals surface area contributed by atoms with Crippen molar-refractivity contribution < 1.29 is 24.2 Å². The van der Waals surface area contributed by atoms with E-state index in [9.17, 15) is 14.7 Å².